The third kappa shape index (κ3) is 3.97. The number of rotatable bonds is 7. The van der Waals surface area contributed by atoms with Crippen LogP contribution in [0.1, 0.15) is 43.4 Å². The average molecular weight is 393 g/mol. The number of methoxy groups -OCH3 is 1. The molecule has 1 aliphatic carbocycles. The minimum Gasteiger partial charge on any atom is -0.497 e. The molecule has 1 saturated heterocycles. The molecule has 29 heavy (non-hydrogen) atoms. The molecule has 6 nitrogen and oxygen atoms in total. The fourth-order valence-electron chi connectivity index (χ4n) is 4.27. The maximum Gasteiger partial charge on any atom is 0.229 e. The number of pyridine rings is 1. The predicted octanol–water partition coefficient (Wildman–Crippen LogP) is 3.19. The van der Waals surface area contributed by atoms with Crippen LogP contribution in [0.25, 0.3) is 0 Å². The van der Waals surface area contributed by atoms with Crippen LogP contribution in [-0.4, -0.2) is 46.3 Å². The zero-order chi connectivity index (χ0) is 20.4. The maximum absolute atomic E-state index is 13.7. The number of carbonyl (C=O) groups excluding carboxylic acids is 2. The smallest absolute Gasteiger partial charge is 0.229 e. The Balaban J connectivity index is 1.62. The van der Waals surface area contributed by atoms with Crippen LogP contribution in [0.4, 0.5) is 0 Å². The summed E-state index contributed by atoms with van der Waals surface area (Å²) < 4.78 is 5.26. The van der Waals surface area contributed by atoms with E-state index in [1.54, 1.807) is 19.5 Å². The molecule has 0 radical (unpaired) electrons. The van der Waals surface area contributed by atoms with Gasteiger partial charge in [-0.1, -0.05) is 12.1 Å². The summed E-state index contributed by atoms with van der Waals surface area (Å²) in [6.07, 6.45) is 5.83. The van der Waals surface area contributed by atoms with E-state index in [0.717, 1.165) is 29.7 Å². The van der Waals surface area contributed by atoms with Crippen molar-refractivity contribution in [1.82, 2.24) is 14.8 Å². The second-order valence-corrected chi connectivity index (χ2v) is 7.76. The summed E-state index contributed by atoms with van der Waals surface area (Å²) in [5.41, 5.74) is 2.05. The van der Waals surface area contributed by atoms with Gasteiger partial charge in [-0.25, -0.2) is 0 Å². The van der Waals surface area contributed by atoms with E-state index in [9.17, 15) is 9.59 Å². The molecule has 4 rings (SSSR count). The van der Waals surface area contributed by atoms with Crippen molar-refractivity contribution in [2.24, 2.45) is 5.92 Å². The number of hydrogen-bond donors (Lipinski definition) is 0. The van der Waals surface area contributed by atoms with Crippen molar-refractivity contribution < 1.29 is 14.3 Å². The number of aromatic nitrogens is 1. The Labute approximate surface area is 171 Å². The van der Waals surface area contributed by atoms with Crippen molar-refractivity contribution in [3.63, 3.8) is 0 Å². The largest absolute Gasteiger partial charge is 0.497 e. The van der Waals surface area contributed by atoms with Gasteiger partial charge in [-0.15, -0.1) is 0 Å². The zero-order valence-electron chi connectivity index (χ0n) is 17.0. The van der Waals surface area contributed by atoms with Crippen molar-refractivity contribution in [2.45, 2.75) is 44.8 Å². The van der Waals surface area contributed by atoms with Crippen LogP contribution < -0.4 is 4.74 Å². The van der Waals surface area contributed by atoms with Gasteiger partial charge in [0.25, 0.3) is 0 Å². The predicted molar refractivity (Wildman–Crippen MR) is 109 cm³/mol. The molecule has 2 heterocycles. The Morgan fingerprint density at radius 2 is 1.86 bits per heavy atom. The van der Waals surface area contributed by atoms with Gasteiger partial charge >= 0.3 is 0 Å². The molecule has 1 aromatic heterocycles. The van der Waals surface area contributed by atoms with Crippen molar-refractivity contribution in [3.05, 3.63) is 59.9 Å². The molecule has 1 aliphatic heterocycles. The molecule has 1 aromatic carbocycles. The van der Waals surface area contributed by atoms with Gasteiger partial charge in [0.2, 0.25) is 11.8 Å². The number of hydrogen-bond acceptors (Lipinski definition) is 4. The van der Waals surface area contributed by atoms with E-state index >= 15 is 0 Å². The first-order valence-corrected chi connectivity index (χ1v) is 10.2. The minimum absolute atomic E-state index is 0.0475. The topological polar surface area (TPSA) is 62.7 Å². The highest BCUT2D eigenvalue weighted by Crippen LogP contribution is 2.41. The lowest BCUT2D eigenvalue weighted by molar-refractivity contribution is -0.137. The highest BCUT2D eigenvalue weighted by atomic mass is 16.5. The summed E-state index contributed by atoms with van der Waals surface area (Å²) in [7, 11) is 1.63. The molecule has 0 unspecified atom stereocenters. The Morgan fingerprint density at radius 1 is 1.17 bits per heavy atom. The van der Waals surface area contributed by atoms with E-state index in [1.165, 1.54) is 0 Å². The standard InChI is InChI=1S/C23H27N3O3/c1-3-25-21(27)14-20(22(25)17-4-8-19(29-2)9-5-17)23(28)26(18-6-7-18)15-16-10-12-24-13-11-16/h4-5,8-13,18,20,22H,3,6-7,14-15H2,1-2H3/t20-,22+/m1/s1. The normalized spacial score (nSPS) is 21.3. The summed E-state index contributed by atoms with van der Waals surface area (Å²) in [4.78, 5) is 34.2. The van der Waals surface area contributed by atoms with Crippen LogP contribution in [0, 0.1) is 5.92 Å². The summed E-state index contributed by atoms with van der Waals surface area (Å²) in [5.74, 6) is 0.528. The Kier molecular flexibility index (Phi) is 5.51. The molecule has 1 saturated carbocycles. The monoisotopic (exact) mass is 393 g/mol. The highest BCUT2D eigenvalue weighted by molar-refractivity contribution is 5.90. The molecule has 2 amide bonds. The molecule has 6 heteroatoms. The van der Waals surface area contributed by atoms with Crippen LogP contribution in [-0.2, 0) is 16.1 Å². The van der Waals surface area contributed by atoms with Crippen LogP contribution in [0.15, 0.2) is 48.8 Å². The summed E-state index contributed by atoms with van der Waals surface area (Å²) >= 11 is 0. The number of ether oxygens (including phenoxy) is 1. The second-order valence-electron chi connectivity index (χ2n) is 7.76. The first kappa shape index (κ1) is 19.4. The van der Waals surface area contributed by atoms with Crippen molar-refractivity contribution in [3.8, 4) is 5.75 Å². The summed E-state index contributed by atoms with van der Waals surface area (Å²) in [5, 5.41) is 0. The number of carbonyl (C=O) groups is 2. The number of amides is 2. The minimum atomic E-state index is -0.363. The molecular weight excluding hydrogens is 366 g/mol. The van der Waals surface area contributed by atoms with E-state index in [1.807, 2.05) is 53.1 Å². The first-order valence-electron chi connectivity index (χ1n) is 10.2. The Hall–Kier alpha value is -2.89. The van der Waals surface area contributed by atoms with E-state index in [0.29, 0.717) is 13.1 Å². The third-order valence-electron chi connectivity index (χ3n) is 5.92. The number of benzene rings is 1. The van der Waals surface area contributed by atoms with Crippen molar-refractivity contribution in [2.75, 3.05) is 13.7 Å². The van der Waals surface area contributed by atoms with Gasteiger partial charge in [-0.2, -0.15) is 0 Å². The molecule has 2 atom stereocenters. The van der Waals surface area contributed by atoms with Gasteiger partial charge in [0, 0.05) is 37.9 Å². The Morgan fingerprint density at radius 3 is 2.45 bits per heavy atom. The molecular formula is C23H27N3O3. The van der Waals surface area contributed by atoms with Gasteiger partial charge in [0.05, 0.1) is 19.1 Å². The molecule has 0 bridgehead atoms. The SMILES string of the molecule is CCN1C(=O)C[C@@H](C(=O)N(Cc2ccncc2)C2CC2)[C@@H]1c1ccc(OC)cc1. The average Bonchev–Trinajstić information content (AvgIpc) is 3.54. The fraction of sp³-hybridized carbons (Fsp3) is 0.435. The molecule has 0 N–H and O–H groups in total. The van der Waals surface area contributed by atoms with Gasteiger partial charge < -0.3 is 14.5 Å². The second kappa shape index (κ2) is 8.23. The van der Waals surface area contributed by atoms with E-state index in [-0.39, 0.29) is 36.2 Å². The zero-order valence-corrected chi connectivity index (χ0v) is 17.0. The molecule has 2 aromatic rings. The van der Waals surface area contributed by atoms with E-state index in [4.69, 9.17) is 4.74 Å². The quantitative estimate of drug-likeness (QED) is 0.725. The van der Waals surface area contributed by atoms with Gasteiger partial charge in [-0.05, 0) is 55.2 Å². The van der Waals surface area contributed by atoms with Gasteiger partial charge in [0.15, 0.2) is 0 Å². The Bertz CT molecular complexity index is 865. The van der Waals surface area contributed by atoms with Crippen LogP contribution in [0.5, 0.6) is 5.75 Å². The highest BCUT2D eigenvalue weighted by Gasteiger charge is 2.47. The van der Waals surface area contributed by atoms with Crippen LogP contribution in [0.3, 0.4) is 0 Å². The first-order chi connectivity index (χ1) is 14.1. The number of nitrogens with zero attached hydrogens (tertiary/aromatic N) is 3. The molecule has 152 valence electrons. The van der Waals surface area contributed by atoms with Gasteiger partial charge in [-0.3, -0.25) is 14.6 Å². The maximum atomic E-state index is 13.7. The van der Waals surface area contributed by atoms with Crippen molar-refractivity contribution in [1.29, 1.82) is 0 Å². The van der Waals surface area contributed by atoms with E-state index in [2.05, 4.69) is 4.98 Å². The van der Waals surface area contributed by atoms with Crippen LogP contribution >= 0.6 is 0 Å². The summed E-state index contributed by atoms with van der Waals surface area (Å²) in [6.45, 7) is 3.13. The third-order valence-corrected chi connectivity index (χ3v) is 5.92. The molecule has 2 fully saturated rings. The lowest BCUT2D eigenvalue weighted by Crippen LogP contribution is -2.40. The number of likely N-dealkylation sites (tertiary alicyclic amines) is 1. The molecule has 2 aliphatic rings. The van der Waals surface area contributed by atoms with E-state index < -0.39 is 0 Å². The summed E-state index contributed by atoms with van der Waals surface area (Å²) in [6, 6.07) is 11.7. The molecule has 0 spiro atoms. The van der Waals surface area contributed by atoms with Gasteiger partial charge in [0.1, 0.15) is 5.75 Å². The lowest BCUT2D eigenvalue weighted by Gasteiger charge is -2.31. The lowest BCUT2D eigenvalue weighted by atomic mass is 9.92. The van der Waals surface area contributed by atoms with Crippen molar-refractivity contribution >= 4 is 11.8 Å². The van der Waals surface area contributed by atoms with Crippen LogP contribution in [0.2, 0.25) is 0 Å². The fourth-order valence-corrected chi connectivity index (χ4v) is 4.27.